The molecule has 0 radical (unpaired) electrons. The Kier molecular flexibility index (Phi) is 5.82. The molecule has 1 aromatic carbocycles. The van der Waals surface area contributed by atoms with E-state index in [2.05, 4.69) is 15.5 Å². The summed E-state index contributed by atoms with van der Waals surface area (Å²) in [5.41, 5.74) is -0.283. The summed E-state index contributed by atoms with van der Waals surface area (Å²) in [6.07, 6.45) is -0.485. The van der Waals surface area contributed by atoms with Gasteiger partial charge in [-0.05, 0) is 52.0 Å². The van der Waals surface area contributed by atoms with E-state index in [1.165, 1.54) is 24.3 Å². The third-order valence-electron chi connectivity index (χ3n) is 2.74. The number of nitrogens with zero attached hydrogens (tertiary/aromatic N) is 2. The summed E-state index contributed by atoms with van der Waals surface area (Å²) in [7, 11) is 0. The molecule has 1 heterocycles. The molecule has 0 aliphatic carbocycles. The Balaban J connectivity index is 1.87. The van der Waals surface area contributed by atoms with Gasteiger partial charge in [-0.25, -0.2) is 4.39 Å². The summed E-state index contributed by atoms with van der Waals surface area (Å²) >= 11 is 1.16. The highest BCUT2D eigenvalue weighted by Crippen LogP contribution is 2.24. The highest BCUT2D eigenvalue weighted by atomic mass is 32.2. The van der Waals surface area contributed by atoms with Crippen molar-refractivity contribution in [3.63, 3.8) is 0 Å². The van der Waals surface area contributed by atoms with Gasteiger partial charge in [-0.3, -0.25) is 4.79 Å². The van der Waals surface area contributed by atoms with E-state index < -0.39 is 6.10 Å². The van der Waals surface area contributed by atoms with Crippen molar-refractivity contribution in [1.82, 2.24) is 15.5 Å². The van der Waals surface area contributed by atoms with Crippen molar-refractivity contribution in [3.8, 4) is 5.75 Å². The molecular weight excluding hydrogens is 333 g/mol. The van der Waals surface area contributed by atoms with E-state index in [-0.39, 0.29) is 28.9 Å². The summed E-state index contributed by atoms with van der Waals surface area (Å²) in [5.74, 6) is 0.535. The van der Waals surface area contributed by atoms with Crippen LogP contribution < -0.4 is 10.1 Å². The average Bonchev–Trinajstić information content (AvgIpc) is 2.95. The molecule has 1 aromatic heterocycles. The second kappa shape index (κ2) is 7.65. The second-order valence-corrected chi connectivity index (χ2v) is 7.13. The van der Waals surface area contributed by atoms with Crippen LogP contribution >= 0.6 is 11.8 Å². The summed E-state index contributed by atoms with van der Waals surface area (Å²) in [4.78, 5) is 11.8. The Labute approximate surface area is 144 Å². The first-order valence-electron chi connectivity index (χ1n) is 7.42. The van der Waals surface area contributed by atoms with E-state index in [1.807, 2.05) is 20.8 Å². The zero-order valence-corrected chi connectivity index (χ0v) is 14.8. The largest absolute Gasteiger partial charge is 0.481 e. The molecule has 24 heavy (non-hydrogen) atoms. The Morgan fingerprint density at radius 1 is 1.33 bits per heavy atom. The normalized spacial score (nSPS) is 12.7. The first kappa shape index (κ1) is 18.3. The van der Waals surface area contributed by atoms with E-state index in [0.717, 1.165) is 11.8 Å². The van der Waals surface area contributed by atoms with Crippen LogP contribution in [0.2, 0.25) is 0 Å². The Morgan fingerprint density at radius 2 is 2.00 bits per heavy atom. The molecule has 2 rings (SSSR count). The summed E-state index contributed by atoms with van der Waals surface area (Å²) < 4.78 is 24.0. The lowest BCUT2D eigenvalue weighted by atomic mass is 10.1. The first-order valence-corrected chi connectivity index (χ1v) is 8.41. The highest BCUT2D eigenvalue weighted by molar-refractivity contribution is 7.99. The monoisotopic (exact) mass is 353 g/mol. The van der Waals surface area contributed by atoms with Crippen molar-refractivity contribution in [1.29, 1.82) is 0 Å². The predicted octanol–water partition coefficient (Wildman–Crippen LogP) is 3.36. The van der Waals surface area contributed by atoms with Crippen molar-refractivity contribution in [2.45, 2.75) is 44.6 Å². The molecule has 0 unspecified atom stereocenters. The topological polar surface area (TPSA) is 77.2 Å². The second-order valence-electron chi connectivity index (χ2n) is 6.21. The number of carbonyl (C=O) groups excluding carboxylic acids is 1. The van der Waals surface area contributed by atoms with Crippen LogP contribution in [0.3, 0.4) is 0 Å². The third kappa shape index (κ3) is 5.84. The maximum absolute atomic E-state index is 12.9. The van der Waals surface area contributed by atoms with Crippen LogP contribution in [0, 0.1) is 5.82 Å². The van der Waals surface area contributed by atoms with Gasteiger partial charge in [0.15, 0.2) is 6.10 Å². The van der Waals surface area contributed by atoms with Gasteiger partial charge in [0.1, 0.15) is 11.6 Å². The predicted molar refractivity (Wildman–Crippen MR) is 88.4 cm³/mol. The molecular formula is C16H20FN3O3S. The van der Waals surface area contributed by atoms with Crippen LogP contribution in [-0.4, -0.2) is 27.4 Å². The number of carbonyl (C=O) groups is 1. The third-order valence-corrected chi connectivity index (χ3v) is 3.56. The van der Waals surface area contributed by atoms with Crippen molar-refractivity contribution in [3.05, 3.63) is 36.0 Å². The van der Waals surface area contributed by atoms with Gasteiger partial charge in [0.05, 0.1) is 5.75 Å². The maximum atomic E-state index is 12.9. The van der Waals surface area contributed by atoms with Crippen LogP contribution in [-0.2, 0) is 4.79 Å². The van der Waals surface area contributed by atoms with Crippen molar-refractivity contribution in [2.24, 2.45) is 0 Å². The van der Waals surface area contributed by atoms with E-state index in [4.69, 9.17) is 9.15 Å². The molecule has 0 bridgehead atoms. The molecule has 1 N–H and O–H groups in total. The number of aromatic nitrogens is 2. The first-order chi connectivity index (χ1) is 11.2. The molecule has 0 spiro atoms. The SMILES string of the molecule is C[C@@H](Oc1ccc(F)cc1)c1nnc(SCC(=O)NC(C)(C)C)o1. The molecule has 1 amide bonds. The highest BCUT2D eigenvalue weighted by Gasteiger charge is 2.18. The minimum atomic E-state index is -0.485. The molecule has 130 valence electrons. The number of ether oxygens (including phenoxy) is 1. The van der Waals surface area contributed by atoms with E-state index in [9.17, 15) is 9.18 Å². The van der Waals surface area contributed by atoms with Crippen LogP contribution in [0.4, 0.5) is 4.39 Å². The molecule has 2 aromatic rings. The number of amides is 1. The van der Waals surface area contributed by atoms with Crippen molar-refractivity contribution >= 4 is 17.7 Å². The van der Waals surface area contributed by atoms with E-state index in [0.29, 0.717) is 11.0 Å². The molecule has 6 nitrogen and oxygen atoms in total. The molecule has 0 fully saturated rings. The summed E-state index contributed by atoms with van der Waals surface area (Å²) in [6, 6.07) is 5.67. The van der Waals surface area contributed by atoms with Crippen molar-refractivity contribution in [2.75, 3.05) is 5.75 Å². The van der Waals surface area contributed by atoms with Gasteiger partial charge in [-0.1, -0.05) is 11.8 Å². The molecule has 0 saturated heterocycles. The van der Waals surface area contributed by atoms with Gasteiger partial charge < -0.3 is 14.5 Å². The van der Waals surface area contributed by atoms with E-state index >= 15 is 0 Å². The number of benzene rings is 1. The van der Waals surface area contributed by atoms with Crippen LogP contribution in [0.5, 0.6) is 5.75 Å². The van der Waals surface area contributed by atoms with Gasteiger partial charge in [-0.2, -0.15) is 0 Å². The number of rotatable bonds is 6. The van der Waals surface area contributed by atoms with Gasteiger partial charge in [-0.15, -0.1) is 10.2 Å². The summed E-state index contributed by atoms with van der Waals surface area (Å²) in [5, 5.41) is 10.9. The minimum absolute atomic E-state index is 0.108. The number of hydrogen-bond donors (Lipinski definition) is 1. The lowest BCUT2D eigenvalue weighted by molar-refractivity contribution is -0.119. The maximum Gasteiger partial charge on any atom is 0.277 e. The Morgan fingerprint density at radius 3 is 2.62 bits per heavy atom. The lowest BCUT2D eigenvalue weighted by Crippen LogP contribution is -2.41. The standard InChI is InChI=1S/C16H20FN3O3S/c1-10(22-12-7-5-11(17)6-8-12)14-19-20-15(23-14)24-9-13(21)18-16(2,3)4/h5-8,10H,9H2,1-4H3,(H,18,21)/t10-/m1/s1. The van der Waals surface area contributed by atoms with Crippen LogP contribution in [0.15, 0.2) is 33.9 Å². The summed E-state index contributed by atoms with van der Waals surface area (Å²) in [6.45, 7) is 7.48. The number of halogens is 1. The van der Waals surface area contributed by atoms with Crippen molar-refractivity contribution < 1.29 is 18.3 Å². The molecule has 0 saturated carbocycles. The Hall–Kier alpha value is -2.09. The zero-order chi connectivity index (χ0) is 17.7. The Bertz CT molecular complexity index is 683. The molecule has 8 heteroatoms. The number of hydrogen-bond acceptors (Lipinski definition) is 6. The minimum Gasteiger partial charge on any atom is -0.481 e. The average molecular weight is 353 g/mol. The van der Waals surface area contributed by atoms with E-state index in [1.54, 1.807) is 6.92 Å². The fourth-order valence-corrected chi connectivity index (χ4v) is 2.36. The van der Waals surface area contributed by atoms with Crippen LogP contribution in [0.1, 0.15) is 39.7 Å². The van der Waals surface area contributed by atoms with Gasteiger partial charge in [0.25, 0.3) is 11.1 Å². The lowest BCUT2D eigenvalue weighted by Gasteiger charge is -2.19. The zero-order valence-electron chi connectivity index (χ0n) is 14.0. The van der Waals surface area contributed by atoms with Crippen LogP contribution in [0.25, 0.3) is 0 Å². The van der Waals surface area contributed by atoms with Gasteiger partial charge >= 0.3 is 0 Å². The fraction of sp³-hybridized carbons (Fsp3) is 0.438. The quantitative estimate of drug-likeness (QED) is 0.803. The smallest absolute Gasteiger partial charge is 0.277 e. The molecule has 0 aliphatic rings. The number of thioether (sulfide) groups is 1. The van der Waals surface area contributed by atoms with Gasteiger partial charge in [0.2, 0.25) is 5.91 Å². The number of nitrogens with one attached hydrogen (secondary N) is 1. The van der Waals surface area contributed by atoms with Gasteiger partial charge in [0, 0.05) is 5.54 Å². The molecule has 1 atom stereocenters. The molecule has 0 aliphatic heterocycles. The fourth-order valence-electron chi connectivity index (χ4n) is 1.79.